The fraction of sp³-hybridized carbons (Fsp3) is 0.190. The van der Waals surface area contributed by atoms with Gasteiger partial charge in [0.25, 0.3) is 5.79 Å². The van der Waals surface area contributed by atoms with Crippen LogP contribution in [0.25, 0.3) is 6.08 Å². The normalized spacial score (nSPS) is 15.3. The second-order valence-corrected chi connectivity index (χ2v) is 6.51. The van der Waals surface area contributed by atoms with Crippen molar-refractivity contribution in [3.05, 3.63) is 70.5 Å². The minimum absolute atomic E-state index is 0.00822. The first-order valence-electron chi connectivity index (χ1n) is 8.37. The largest absolute Gasteiger partial charge is 0.489 e. The SMILES string of the molecule is CC1(C)OC(=O)C(=Cc2ccc(OCc3ccc(C#N)cc3F)cc2)C(=O)O1. The van der Waals surface area contributed by atoms with E-state index in [-0.39, 0.29) is 17.7 Å². The molecule has 0 saturated carbocycles. The van der Waals surface area contributed by atoms with E-state index >= 15 is 0 Å². The molecule has 2 aromatic rings. The maximum absolute atomic E-state index is 13.9. The van der Waals surface area contributed by atoms with E-state index in [0.717, 1.165) is 6.07 Å². The van der Waals surface area contributed by atoms with Crippen LogP contribution in [0.4, 0.5) is 4.39 Å². The molecule has 0 amide bonds. The summed E-state index contributed by atoms with van der Waals surface area (Å²) >= 11 is 0. The number of cyclic esters (lactones) is 2. The van der Waals surface area contributed by atoms with Crippen LogP contribution in [0, 0.1) is 17.1 Å². The third kappa shape index (κ3) is 4.35. The molecule has 28 heavy (non-hydrogen) atoms. The third-order valence-corrected chi connectivity index (χ3v) is 3.88. The van der Waals surface area contributed by atoms with Crippen molar-refractivity contribution in [1.29, 1.82) is 5.26 Å². The highest BCUT2D eigenvalue weighted by molar-refractivity contribution is 6.18. The summed E-state index contributed by atoms with van der Waals surface area (Å²) in [5.41, 5.74) is 0.926. The lowest BCUT2D eigenvalue weighted by atomic mass is 10.1. The van der Waals surface area contributed by atoms with Crippen molar-refractivity contribution in [3.63, 3.8) is 0 Å². The number of benzene rings is 2. The van der Waals surface area contributed by atoms with Crippen LogP contribution in [0.15, 0.2) is 48.0 Å². The van der Waals surface area contributed by atoms with Crippen molar-refractivity contribution >= 4 is 18.0 Å². The standard InChI is InChI=1S/C21H16FNO5/c1-21(2)27-19(24)17(20(25)28-21)9-13-4-7-16(8-5-13)26-12-15-6-3-14(11-23)10-18(15)22/h3-10H,12H2,1-2H3. The fourth-order valence-electron chi connectivity index (χ4n) is 2.50. The van der Waals surface area contributed by atoms with Crippen LogP contribution in [-0.2, 0) is 25.7 Å². The molecule has 1 heterocycles. The topological polar surface area (TPSA) is 85.6 Å². The summed E-state index contributed by atoms with van der Waals surface area (Å²) in [5.74, 6) is -2.83. The first-order chi connectivity index (χ1) is 13.3. The molecular weight excluding hydrogens is 365 g/mol. The van der Waals surface area contributed by atoms with Crippen LogP contribution in [0.3, 0.4) is 0 Å². The highest BCUT2D eigenvalue weighted by Gasteiger charge is 2.38. The van der Waals surface area contributed by atoms with Gasteiger partial charge in [-0.3, -0.25) is 0 Å². The Morgan fingerprint density at radius 2 is 1.75 bits per heavy atom. The van der Waals surface area contributed by atoms with E-state index in [4.69, 9.17) is 19.5 Å². The molecule has 3 rings (SSSR count). The maximum Gasteiger partial charge on any atom is 0.348 e. The van der Waals surface area contributed by atoms with Gasteiger partial charge in [-0.25, -0.2) is 14.0 Å². The van der Waals surface area contributed by atoms with Crippen molar-refractivity contribution in [2.24, 2.45) is 0 Å². The van der Waals surface area contributed by atoms with Crippen LogP contribution in [-0.4, -0.2) is 17.7 Å². The van der Waals surface area contributed by atoms with Crippen molar-refractivity contribution in [2.75, 3.05) is 0 Å². The second kappa shape index (κ2) is 7.53. The summed E-state index contributed by atoms with van der Waals surface area (Å²) in [6, 6.07) is 12.5. The summed E-state index contributed by atoms with van der Waals surface area (Å²) in [6.07, 6.45) is 1.37. The lowest BCUT2D eigenvalue weighted by molar-refractivity contribution is -0.222. The van der Waals surface area contributed by atoms with Gasteiger partial charge in [0.05, 0.1) is 11.6 Å². The number of nitrogens with zero attached hydrogens (tertiary/aromatic N) is 1. The van der Waals surface area contributed by atoms with Gasteiger partial charge in [-0.15, -0.1) is 0 Å². The molecule has 0 N–H and O–H groups in total. The minimum Gasteiger partial charge on any atom is -0.489 e. The zero-order valence-electron chi connectivity index (χ0n) is 15.2. The number of carbonyl (C=O) groups is 2. The van der Waals surface area contributed by atoms with Gasteiger partial charge in [-0.05, 0) is 35.9 Å². The Balaban J connectivity index is 1.68. The van der Waals surface area contributed by atoms with Gasteiger partial charge in [0, 0.05) is 19.4 Å². The number of carbonyl (C=O) groups excluding carboxylic acids is 2. The summed E-state index contributed by atoms with van der Waals surface area (Å²) in [6.45, 7) is 2.94. The maximum atomic E-state index is 13.9. The molecule has 1 fully saturated rings. The first-order valence-corrected chi connectivity index (χ1v) is 8.37. The quantitative estimate of drug-likeness (QED) is 0.458. The average molecular weight is 381 g/mol. The molecule has 2 aromatic carbocycles. The van der Waals surface area contributed by atoms with E-state index in [1.165, 1.54) is 32.1 Å². The predicted molar refractivity (Wildman–Crippen MR) is 96.1 cm³/mol. The van der Waals surface area contributed by atoms with Gasteiger partial charge in [0.1, 0.15) is 23.7 Å². The molecule has 7 heteroatoms. The number of hydrogen-bond donors (Lipinski definition) is 0. The van der Waals surface area contributed by atoms with E-state index in [0.29, 0.717) is 16.9 Å². The first kappa shape index (κ1) is 19.1. The van der Waals surface area contributed by atoms with E-state index in [9.17, 15) is 14.0 Å². The molecule has 0 bridgehead atoms. The van der Waals surface area contributed by atoms with Crippen LogP contribution in [0.1, 0.15) is 30.5 Å². The zero-order valence-corrected chi connectivity index (χ0v) is 15.2. The molecule has 0 radical (unpaired) electrons. The molecule has 0 unspecified atom stereocenters. The van der Waals surface area contributed by atoms with Crippen LogP contribution in [0.2, 0.25) is 0 Å². The van der Waals surface area contributed by atoms with Gasteiger partial charge < -0.3 is 14.2 Å². The number of nitriles is 1. The molecule has 0 spiro atoms. The smallest absolute Gasteiger partial charge is 0.348 e. The Kier molecular flexibility index (Phi) is 5.14. The number of halogens is 1. The molecule has 142 valence electrons. The number of hydrogen-bond acceptors (Lipinski definition) is 6. The summed E-state index contributed by atoms with van der Waals surface area (Å²) < 4.78 is 29.5. The second-order valence-electron chi connectivity index (χ2n) is 6.51. The average Bonchev–Trinajstić information content (AvgIpc) is 2.64. The molecule has 6 nitrogen and oxygen atoms in total. The highest BCUT2D eigenvalue weighted by Crippen LogP contribution is 2.25. The molecule has 1 saturated heterocycles. The zero-order chi connectivity index (χ0) is 20.3. The van der Waals surface area contributed by atoms with Crippen LogP contribution >= 0.6 is 0 Å². The van der Waals surface area contributed by atoms with Gasteiger partial charge in [-0.1, -0.05) is 18.2 Å². The predicted octanol–water partition coefficient (Wildman–Crippen LogP) is 3.50. The van der Waals surface area contributed by atoms with E-state index < -0.39 is 23.5 Å². The summed E-state index contributed by atoms with van der Waals surface area (Å²) in [5, 5.41) is 8.75. The summed E-state index contributed by atoms with van der Waals surface area (Å²) in [7, 11) is 0. The Labute approximate surface area is 160 Å². The van der Waals surface area contributed by atoms with Gasteiger partial charge in [0.2, 0.25) is 0 Å². The minimum atomic E-state index is -1.29. The van der Waals surface area contributed by atoms with Gasteiger partial charge in [-0.2, -0.15) is 5.26 Å². The van der Waals surface area contributed by atoms with E-state index in [1.54, 1.807) is 24.3 Å². The molecule has 0 aromatic heterocycles. The molecule has 1 aliphatic heterocycles. The van der Waals surface area contributed by atoms with Crippen LogP contribution in [0.5, 0.6) is 5.75 Å². The van der Waals surface area contributed by atoms with E-state index in [1.807, 2.05) is 6.07 Å². The third-order valence-electron chi connectivity index (χ3n) is 3.88. The highest BCUT2D eigenvalue weighted by atomic mass is 19.1. The Morgan fingerprint density at radius 3 is 2.32 bits per heavy atom. The van der Waals surface area contributed by atoms with Crippen molar-refractivity contribution < 1.29 is 28.2 Å². The number of rotatable bonds is 4. The molecular formula is C21H16FNO5. The van der Waals surface area contributed by atoms with Crippen molar-refractivity contribution in [2.45, 2.75) is 26.2 Å². The lowest BCUT2D eigenvalue weighted by Crippen LogP contribution is -2.41. The monoisotopic (exact) mass is 381 g/mol. The Bertz CT molecular complexity index is 980. The molecule has 0 aliphatic carbocycles. The molecule has 0 atom stereocenters. The fourth-order valence-corrected chi connectivity index (χ4v) is 2.50. The Morgan fingerprint density at radius 1 is 1.11 bits per heavy atom. The molecule has 1 aliphatic rings. The van der Waals surface area contributed by atoms with Crippen molar-refractivity contribution in [1.82, 2.24) is 0 Å². The summed E-state index contributed by atoms with van der Waals surface area (Å²) in [4.78, 5) is 23.9. The lowest BCUT2D eigenvalue weighted by Gasteiger charge is -2.29. The van der Waals surface area contributed by atoms with Crippen LogP contribution < -0.4 is 4.74 Å². The number of ether oxygens (including phenoxy) is 3. The van der Waals surface area contributed by atoms with E-state index in [2.05, 4.69) is 0 Å². The van der Waals surface area contributed by atoms with Gasteiger partial charge >= 0.3 is 11.9 Å². The van der Waals surface area contributed by atoms with Crippen molar-refractivity contribution in [3.8, 4) is 11.8 Å². The number of esters is 2. The Hall–Kier alpha value is -3.66. The van der Waals surface area contributed by atoms with Gasteiger partial charge in [0.15, 0.2) is 0 Å².